The van der Waals surface area contributed by atoms with E-state index in [0.717, 1.165) is 16.8 Å². The molecule has 1 atom stereocenters. The SMILES string of the molecule is CC1=C(c2nc(-c3ccc(Cl)cc3)no2)C(c2cccc(Cl)c2)NC(=O)N1c1ccccc1. The molecule has 1 aliphatic rings. The lowest BCUT2D eigenvalue weighted by atomic mass is 9.94. The Morgan fingerprint density at radius 2 is 1.70 bits per heavy atom. The van der Waals surface area contributed by atoms with Crippen molar-refractivity contribution in [2.45, 2.75) is 13.0 Å². The van der Waals surface area contributed by atoms with Crippen LogP contribution in [0.5, 0.6) is 0 Å². The molecule has 0 saturated carbocycles. The summed E-state index contributed by atoms with van der Waals surface area (Å²) in [6.07, 6.45) is 0. The van der Waals surface area contributed by atoms with E-state index in [0.29, 0.717) is 33.0 Å². The van der Waals surface area contributed by atoms with Crippen LogP contribution in [-0.4, -0.2) is 16.2 Å². The van der Waals surface area contributed by atoms with Crippen LogP contribution >= 0.6 is 23.2 Å². The number of anilines is 1. The van der Waals surface area contributed by atoms with E-state index >= 15 is 0 Å². The molecule has 0 spiro atoms. The van der Waals surface area contributed by atoms with Gasteiger partial charge in [-0.25, -0.2) is 4.79 Å². The number of allylic oxidation sites excluding steroid dienone is 1. The Labute approximate surface area is 200 Å². The molecule has 33 heavy (non-hydrogen) atoms. The van der Waals surface area contributed by atoms with Crippen molar-refractivity contribution in [1.82, 2.24) is 15.5 Å². The minimum atomic E-state index is -0.519. The molecule has 0 saturated heterocycles. The highest BCUT2D eigenvalue weighted by Crippen LogP contribution is 2.39. The minimum Gasteiger partial charge on any atom is -0.334 e. The molecule has 8 heteroatoms. The third kappa shape index (κ3) is 4.11. The Hall–Kier alpha value is -3.61. The van der Waals surface area contributed by atoms with E-state index in [1.165, 1.54) is 0 Å². The predicted molar refractivity (Wildman–Crippen MR) is 129 cm³/mol. The number of carbonyl (C=O) groups excluding carboxylic acids is 1. The minimum absolute atomic E-state index is 0.259. The van der Waals surface area contributed by atoms with E-state index in [1.807, 2.05) is 67.6 Å². The van der Waals surface area contributed by atoms with E-state index in [2.05, 4.69) is 15.5 Å². The van der Waals surface area contributed by atoms with E-state index < -0.39 is 6.04 Å². The van der Waals surface area contributed by atoms with Gasteiger partial charge in [-0.1, -0.05) is 58.7 Å². The van der Waals surface area contributed by atoms with Crippen LogP contribution in [0.1, 0.15) is 24.4 Å². The van der Waals surface area contributed by atoms with Gasteiger partial charge < -0.3 is 9.84 Å². The number of urea groups is 1. The first-order chi connectivity index (χ1) is 16.0. The maximum Gasteiger partial charge on any atom is 0.326 e. The number of rotatable bonds is 4. The maximum absolute atomic E-state index is 13.2. The first kappa shape index (κ1) is 21.2. The highest BCUT2D eigenvalue weighted by atomic mass is 35.5. The standard InChI is InChI=1S/C25H18Cl2N4O2/c1-15-21(24-29-23(30-33-24)16-10-12-18(26)13-11-16)22(17-6-5-7-19(27)14-17)28-25(32)31(15)20-8-3-2-4-9-20/h2-14,22H,1H3,(H,28,32). The predicted octanol–water partition coefficient (Wildman–Crippen LogP) is 6.75. The number of hydrogen-bond acceptors (Lipinski definition) is 4. The van der Waals surface area contributed by atoms with Crippen molar-refractivity contribution >= 4 is 40.5 Å². The van der Waals surface area contributed by atoms with Crippen LogP contribution in [0.25, 0.3) is 17.0 Å². The number of nitrogens with zero attached hydrogens (tertiary/aromatic N) is 3. The topological polar surface area (TPSA) is 71.3 Å². The monoisotopic (exact) mass is 476 g/mol. The molecule has 1 aliphatic heterocycles. The molecule has 164 valence electrons. The second kappa shape index (κ2) is 8.73. The molecule has 4 aromatic rings. The lowest BCUT2D eigenvalue weighted by Gasteiger charge is -2.35. The van der Waals surface area contributed by atoms with Crippen LogP contribution in [0.15, 0.2) is 89.1 Å². The van der Waals surface area contributed by atoms with E-state index in [9.17, 15) is 4.79 Å². The van der Waals surface area contributed by atoms with Crippen LogP contribution in [0.3, 0.4) is 0 Å². The van der Waals surface area contributed by atoms with Crippen molar-refractivity contribution in [1.29, 1.82) is 0 Å². The highest BCUT2D eigenvalue weighted by Gasteiger charge is 2.36. The van der Waals surface area contributed by atoms with Crippen LogP contribution in [0.2, 0.25) is 10.0 Å². The summed E-state index contributed by atoms with van der Waals surface area (Å²) in [5.41, 5.74) is 3.68. The van der Waals surface area contributed by atoms with Gasteiger partial charge in [-0.15, -0.1) is 0 Å². The Balaban J connectivity index is 1.66. The Kier molecular flexibility index (Phi) is 5.62. The van der Waals surface area contributed by atoms with Gasteiger partial charge in [0.15, 0.2) is 0 Å². The molecule has 1 unspecified atom stereocenters. The lowest BCUT2D eigenvalue weighted by Crippen LogP contribution is -2.46. The van der Waals surface area contributed by atoms with Gasteiger partial charge in [-0.2, -0.15) is 4.98 Å². The molecule has 0 fully saturated rings. The molecular formula is C25H18Cl2N4O2. The summed E-state index contributed by atoms with van der Waals surface area (Å²) >= 11 is 12.3. The Morgan fingerprint density at radius 3 is 2.42 bits per heavy atom. The number of benzene rings is 3. The zero-order valence-electron chi connectivity index (χ0n) is 17.5. The lowest BCUT2D eigenvalue weighted by molar-refractivity contribution is 0.244. The number of carbonyl (C=O) groups is 1. The highest BCUT2D eigenvalue weighted by molar-refractivity contribution is 6.31. The molecule has 2 amide bonds. The average Bonchev–Trinajstić information content (AvgIpc) is 3.29. The molecule has 5 rings (SSSR count). The summed E-state index contributed by atoms with van der Waals surface area (Å²) in [5.74, 6) is 0.735. The fraction of sp³-hybridized carbons (Fsp3) is 0.0800. The Bertz CT molecular complexity index is 1350. The van der Waals surface area contributed by atoms with Crippen molar-refractivity contribution in [2.75, 3.05) is 4.90 Å². The van der Waals surface area contributed by atoms with Crippen LogP contribution in [0, 0.1) is 0 Å². The summed E-state index contributed by atoms with van der Waals surface area (Å²) in [7, 11) is 0. The van der Waals surface area contributed by atoms with Gasteiger partial charge in [0.25, 0.3) is 5.89 Å². The number of hydrogen-bond donors (Lipinski definition) is 1. The van der Waals surface area contributed by atoms with E-state index in [-0.39, 0.29) is 6.03 Å². The smallest absolute Gasteiger partial charge is 0.326 e. The fourth-order valence-electron chi connectivity index (χ4n) is 3.89. The van der Waals surface area contributed by atoms with Crippen molar-refractivity contribution < 1.29 is 9.32 Å². The summed E-state index contributed by atoms with van der Waals surface area (Å²) in [4.78, 5) is 19.4. The number of amides is 2. The second-order valence-corrected chi connectivity index (χ2v) is 8.41. The second-order valence-electron chi connectivity index (χ2n) is 7.54. The molecule has 0 aliphatic carbocycles. The van der Waals surface area contributed by atoms with Gasteiger partial charge in [0.1, 0.15) is 0 Å². The van der Waals surface area contributed by atoms with Crippen molar-refractivity contribution in [3.63, 3.8) is 0 Å². The summed E-state index contributed by atoms with van der Waals surface area (Å²) in [6.45, 7) is 1.87. The van der Waals surface area contributed by atoms with E-state index in [1.54, 1.807) is 23.1 Å². The molecule has 3 aromatic carbocycles. The molecule has 0 radical (unpaired) electrons. The molecule has 0 bridgehead atoms. The van der Waals surface area contributed by atoms with Crippen molar-refractivity contribution in [3.05, 3.63) is 106 Å². The van der Waals surface area contributed by atoms with Crippen LogP contribution in [0.4, 0.5) is 10.5 Å². The Morgan fingerprint density at radius 1 is 0.939 bits per heavy atom. The van der Waals surface area contributed by atoms with Crippen molar-refractivity contribution in [2.24, 2.45) is 0 Å². The van der Waals surface area contributed by atoms with Gasteiger partial charge >= 0.3 is 6.03 Å². The van der Waals surface area contributed by atoms with Gasteiger partial charge in [0.05, 0.1) is 17.3 Å². The number of halogens is 2. The van der Waals surface area contributed by atoms with Crippen LogP contribution in [-0.2, 0) is 0 Å². The summed E-state index contributed by atoms with van der Waals surface area (Å²) < 4.78 is 5.70. The number of nitrogens with one attached hydrogen (secondary N) is 1. The molecule has 1 N–H and O–H groups in total. The van der Waals surface area contributed by atoms with Gasteiger partial charge in [0, 0.05) is 21.3 Å². The zero-order chi connectivity index (χ0) is 22.9. The summed E-state index contributed by atoms with van der Waals surface area (Å²) in [6, 6.07) is 23.1. The third-order valence-corrected chi connectivity index (χ3v) is 5.93. The maximum atomic E-state index is 13.2. The first-order valence-corrected chi connectivity index (χ1v) is 11.0. The van der Waals surface area contributed by atoms with Crippen molar-refractivity contribution in [3.8, 4) is 11.4 Å². The first-order valence-electron chi connectivity index (χ1n) is 10.2. The molecule has 1 aromatic heterocycles. The number of para-hydroxylation sites is 1. The van der Waals surface area contributed by atoms with Gasteiger partial charge in [-0.05, 0) is 61.0 Å². The van der Waals surface area contributed by atoms with Crippen LogP contribution < -0.4 is 10.2 Å². The molecular weight excluding hydrogens is 459 g/mol. The van der Waals surface area contributed by atoms with E-state index in [4.69, 9.17) is 27.7 Å². The molecule has 2 heterocycles. The summed E-state index contributed by atoms with van der Waals surface area (Å²) in [5, 5.41) is 8.42. The average molecular weight is 477 g/mol. The third-order valence-electron chi connectivity index (χ3n) is 5.44. The normalized spacial score (nSPS) is 16.2. The zero-order valence-corrected chi connectivity index (χ0v) is 19.0. The largest absolute Gasteiger partial charge is 0.334 e. The van der Waals surface area contributed by atoms with Gasteiger partial charge in [0.2, 0.25) is 5.82 Å². The molecule has 6 nitrogen and oxygen atoms in total. The quantitative estimate of drug-likeness (QED) is 0.353. The fourth-order valence-corrected chi connectivity index (χ4v) is 4.22. The van der Waals surface area contributed by atoms with Gasteiger partial charge in [-0.3, -0.25) is 4.90 Å². The number of aromatic nitrogens is 2.